The van der Waals surface area contributed by atoms with Crippen LogP contribution in [0.3, 0.4) is 0 Å². The van der Waals surface area contributed by atoms with Crippen molar-refractivity contribution >= 4 is 5.91 Å². The first-order chi connectivity index (χ1) is 4.30. The van der Waals surface area contributed by atoms with Gasteiger partial charge in [-0.15, -0.1) is 0 Å². The maximum atomic E-state index is 10.5. The second-order valence-electron chi connectivity index (χ2n) is 2.04. The minimum Gasteiger partial charge on any atom is -0.368 e. The number of carbonyl (C=O) groups is 1. The normalized spacial score (nSPS) is 27.8. The van der Waals surface area contributed by atoms with E-state index in [9.17, 15) is 4.79 Å². The molecule has 51 valence electrons. The van der Waals surface area contributed by atoms with Gasteiger partial charge in [0.2, 0.25) is 5.91 Å². The van der Waals surface area contributed by atoms with Gasteiger partial charge in [0.05, 0.1) is 0 Å². The predicted octanol–water partition coefficient (Wildman–Crippen LogP) is -1.95. The van der Waals surface area contributed by atoms with E-state index in [0.29, 0.717) is 6.54 Å². The van der Waals surface area contributed by atoms with Crippen molar-refractivity contribution in [2.45, 2.75) is 6.04 Å². The molecular formula is C5H10N3O. The Bertz CT molecular complexity index is 109. The van der Waals surface area contributed by atoms with E-state index in [1.54, 1.807) is 0 Å². The van der Waals surface area contributed by atoms with E-state index in [2.05, 4.69) is 10.6 Å². The highest BCUT2D eigenvalue weighted by molar-refractivity contribution is 5.80. The average Bonchev–Trinajstić information content (AvgIpc) is 1.90. The first kappa shape index (κ1) is 6.51. The van der Waals surface area contributed by atoms with E-state index in [4.69, 9.17) is 5.73 Å². The highest BCUT2D eigenvalue weighted by Crippen LogP contribution is 1.85. The number of hydrogen-bond acceptors (Lipinski definition) is 2. The van der Waals surface area contributed by atoms with E-state index in [1.165, 1.54) is 0 Å². The summed E-state index contributed by atoms with van der Waals surface area (Å²) in [6.07, 6.45) is 0. The number of carbonyl (C=O) groups excluding carboxylic acids is 1. The zero-order valence-electron chi connectivity index (χ0n) is 5.13. The lowest BCUT2D eigenvalue weighted by Crippen LogP contribution is -2.52. The summed E-state index contributed by atoms with van der Waals surface area (Å²) in [5.74, 6) is -0.307. The molecule has 1 aliphatic heterocycles. The molecule has 4 heteroatoms. The van der Waals surface area contributed by atoms with Gasteiger partial charge in [0.1, 0.15) is 6.04 Å². The molecule has 0 aliphatic carbocycles. The molecule has 1 heterocycles. The highest BCUT2D eigenvalue weighted by Gasteiger charge is 2.17. The maximum Gasteiger partial charge on any atom is 0.235 e. The molecule has 0 aromatic carbocycles. The van der Waals surface area contributed by atoms with Crippen LogP contribution in [0.4, 0.5) is 0 Å². The molecule has 3 N–H and O–H groups in total. The van der Waals surface area contributed by atoms with E-state index < -0.39 is 0 Å². The average molecular weight is 128 g/mol. The molecule has 0 aromatic rings. The summed E-state index contributed by atoms with van der Waals surface area (Å²) in [6, 6.07) is -0.223. The lowest BCUT2D eigenvalue weighted by Gasteiger charge is -2.19. The van der Waals surface area contributed by atoms with E-state index in [-0.39, 0.29) is 11.9 Å². The summed E-state index contributed by atoms with van der Waals surface area (Å²) in [6.45, 7) is 2.10. The monoisotopic (exact) mass is 128 g/mol. The maximum absolute atomic E-state index is 10.5. The number of amides is 1. The molecule has 1 radical (unpaired) electrons. The first-order valence-corrected chi connectivity index (χ1v) is 2.96. The third kappa shape index (κ3) is 1.65. The minimum atomic E-state index is -0.307. The van der Waals surface area contributed by atoms with Gasteiger partial charge in [-0.1, -0.05) is 0 Å². The van der Waals surface area contributed by atoms with Crippen molar-refractivity contribution < 1.29 is 4.79 Å². The summed E-state index contributed by atoms with van der Waals surface area (Å²) in [4.78, 5) is 10.5. The number of nitrogens with two attached hydrogens (primary N) is 1. The molecule has 1 amide bonds. The lowest BCUT2D eigenvalue weighted by molar-refractivity contribution is -0.120. The molecule has 0 bridgehead atoms. The van der Waals surface area contributed by atoms with E-state index in [0.717, 1.165) is 13.1 Å². The summed E-state index contributed by atoms with van der Waals surface area (Å²) in [5.41, 5.74) is 5.01. The quantitative estimate of drug-likeness (QED) is 0.431. The molecule has 0 spiro atoms. The fraction of sp³-hybridized carbons (Fsp3) is 0.800. The fourth-order valence-electron chi connectivity index (χ4n) is 0.793. The van der Waals surface area contributed by atoms with Gasteiger partial charge in [-0.2, -0.15) is 0 Å². The van der Waals surface area contributed by atoms with Gasteiger partial charge in [-0.3, -0.25) is 4.79 Å². The highest BCUT2D eigenvalue weighted by atomic mass is 16.1. The minimum absolute atomic E-state index is 0.223. The molecule has 1 fully saturated rings. The van der Waals surface area contributed by atoms with Crippen molar-refractivity contribution in [3.63, 3.8) is 0 Å². The standard InChI is InChI=1S/C5H10N3O/c6-5(9)4-3-7-1-2-8-4/h4,8H,1-3H2,(H2,6,9). The van der Waals surface area contributed by atoms with E-state index >= 15 is 0 Å². The Morgan fingerprint density at radius 1 is 1.78 bits per heavy atom. The van der Waals surface area contributed by atoms with Crippen LogP contribution < -0.4 is 16.4 Å². The second-order valence-corrected chi connectivity index (χ2v) is 2.04. The second kappa shape index (κ2) is 2.80. The first-order valence-electron chi connectivity index (χ1n) is 2.96. The van der Waals surface area contributed by atoms with Crippen LogP contribution in [0, 0.1) is 0 Å². The van der Waals surface area contributed by atoms with Crippen LogP contribution in [0.25, 0.3) is 0 Å². The number of piperazine rings is 1. The van der Waals surface area contributed by atoms with Crippen molar-refractivity contribution in [3.8, 4) is 0 Å². The summed E-state index contributed by atoms with van der Waals surface area (Å²) in [5, 5.41) is 6.97. The zero-order valence-corrected chi connectivity index (χ0v) is 5.13. The van der Waals surface area contributed by atoms with Crippen LogP contribution in [0.5, 0.6) is 0 Å². The summed E-state index contributed by atoms with van der Waals surface area (Å²) >= 11 is 0. The van der Waals surface area contributed by atoms with Crippen molar-refractivity contribution in [1.82, 2.24) is 10.6 Å². The Kier molecular flexibility index (Phi) is 2.02. The Morgan fingerprint density at radius 2 is 2.56 bits per heavy atom. The molecule has 1 saturated heterocycles. The molecule has 4 nitrogen and oxygen atoms in total. The zero-order chi connectivity index (χ0) is 6.69. The number of rotatable bonds is 1. The lowest BCUT2D eigenvalue weighted by atomic mass is 10.2. The Labute approximate surface area is 53.8 Å². The fourth-order valence-corrected chi connectivity index (χ4v) is 0.793. The predicted molar refractivity (Wildman–Crippen MR) is 32.9 cm³/mol. The smallest absolute Gasteiger partial charge is 0.235 e. The number of hydrogen-bond donors (Lipinski definition) is 2. The van der Waals surface area contributed by atoms with Gasteiger partial charge < -0.3 is 11.1 Å². The summed E-state index contributed by atoms with van der Waals surface area (Å²) < 4.78 is 0. The molecule has 1 unspecified atom stereocenters. The Hall–Kier alpha value is -0.610. The molecule has 0 saturated carbocycles. The van der Waals surface area contributed by atoms with E-state index in [1.807, 2.05) is 0 Å². The van der Waals surface area contributed by atoms with Crippen molar-refractivity contribution in [2.24, 2.45) is 5.73 Å². The van der Waals surface area contributed by atoms with Crippen LogP contribution in [0.2, 0.25) is 0 Å². The number of nitrogens with one attached hydrogen (secondary N) is 1. The topological polar surface area (TPSA) is 69.2 Å². The van der Waals surface area contributed by atoms with Crippen molar-refractivity contribution in [3.05, 3.63) is 0 Å². The van der Waals surface area contributed by atoms with Crippen molar-refractivity contribution in [2.75, 3.05) is 19.6 Å². The van der Waals surface area contributed by atoms with Crippen LogP contribution in [-0.4, -0.2) is 31.6 Å². The molecule has 1 atom stereocenters. The Morgan fingerprint density at radius 3 is 2.89 bits per heavy atom. The summed E-state index contributed by atoms with van der Waals surface area (Å²) in [7, 11) is 0. The number of primary amides is 1. The molecule has 1 aliphatic rings. The molecule has 0 aromatic heterocycles. The van der Waals surface area contributed by atoms with Gasteiger partial charge in [0.15, 0.2) is 0 Å². The van der Waals surface area contributed by atoms with Crippen LogP contribution >= 0.6 is 0 Å². The third-order valence-electron chi connectivity index (χ3n) is 1.32. The molecular weight excluding hydrogens is 118 g/mol. The SMILES string of the molecule is NC(=O)C1C[N]CCN1. The van der Waals surface area contributed by atoms with Crippen LogP contribution in [-0.2, 0) is 4.79 Å². The van der Waals surface area contributed by atoms with Crippen molar-refractivity contribution in [1.29, 1.82) is 0 Å². The van der Waals surface area contributed by atoms with Gasteiger partial charge in [0, 0.05) is 19.6 Å². The molecule has 9 heavy (non-hydrogen) atoms. The van der Waals surface area contributed by atoms with Gasteiger partial charge in [0.25, 0.3) is 0 Å². The van der Waals surface area contributed by atoms with Gasteiger partial charge in [-0.05, 0) is 0 Å². The Balaban J connectivity index is 2.31. The largest absolute Gasteiger partial charge is 0.368 e. The third-order valence-corrected chi connectivity index (χ3v) is 1.32. The van der Waals surface area contributed by atoms with Crippen LogP contribution in [0.15, 0.2) is 0 Å². The van der Waals surface area contributed by atoms with Gasteiger partial charge >= 0.3 is 0 Å². The van der Waals surface area contributed by atoms with Gasteiger partial charge in [-0.25, -0.2) is 5.32 Å². The van der Waals surface area contributed by atoms with Crippen LogP contribution in [0.1, 0.15) is 0 Å². The number of nitrogens with zero attached hydrogens (tertiary/aromatic N) is 1. The molecule has 1 rings (SSSR count).